The number of ether oxygens (including phenoxy) is 4. The quantitative estimate of drug-likeness (QED) is 0.347. The number of amides is 2. The fraction of sp³-hybridized carbons (Fsp3) is 0.562. The van der Waals surface area contributed by atoms with Crippen LogP contribution >= 0.6 is 11.8 Å². The van der Waals surface area contributed by atoms with E-state index in [9.17, 15) is 24.3 Å². The summed E-state index contributed by atoms with van der Waals surface area (Å²) >= 11 is 1.25. The van der Waals surface area contributed by atoms with Crippen LogP contribution in [0.4, 0.5) is 4.79 Å². The number of Topliss-reactive ketones (excluding diaryl/α,β-unsaturated/α-hetero) is 2. The Labute approximate surface area is 263 Å². The Bertz CT molecular complexity index is 1300. The smallest absolute Gasteiger partial charge is 0.405 e. The van der Waals surface area contributed by atoms with Gasteiger partial charge in [-0.3, -0.25) is 14.4 Å². The molecule has 2 bridgehead atoms. The third-order valence-corrected chi connectivity index (χ3v) is 9.22. The number of methoxy groups -OCH3 is 3. The number of fused-ring (bicyclic) bond motifs is 1. The van der Waals surface area contributed by atoms with Crippen LogP contribution < -0.4 is 5.73 Å². The molecule has 2 amide bonds. The van der Waals surface area contributed by atoms with E-state index < -0.39 is 53.9 Å². The Balaban J connectivity index is 2.18. The van der Waals surface area contributed by atoms with Gasteiger partial charge in [-0.05, 0) is 50.4 Å². The van der Waals surface area contributed by atoms with Crippen molar-refractivity contribution in [1.82, 2.24) is 4.90 Å². The summed E-state index contributed by atoms with van der Waals surface area (Å²) in [6, 6.07) is 0. The summed E-state index contributed by atoms with van der Waals surface area (Å²) in [4.78, 5) is 55.0. The second kappa shape index (κ2) is 15.7. The number of hydrogen-bond donors (Lipinski definition) is 2. The molecule has 12 heteroatoms. The van der Waals surface area contributed by atoms with Crippen LogP contribution in [0.3, 0.4) is 0 Å². The molecule has 3 N–H and O–H groups in total. The third kappa shape index (κ3) is 7.90. The van der Waals surface area contributed by atoms with Gasteiger partial charge in [0.25, 0.3) is 5.91 Å². The summed E-state index contributed by atoms with van der Waals surface area (Å²) in [6.07, 6.45) is 3.42. The second-order valence-electron chi connectivity index (χ2n) is 11.4. The predicted molar refractivity (Wildman–Crippen MR) is 166 cm³/mol. The number of nitrogens with two attached hydrogens (primary N) is 1. The number of primary amides is 1. The van der Waals surface area contributed by atoms with Gasteiger partial charge >= 0.3 is 6.09 Å². The summed E-state index contributed by atoms with van der Waals surface area (Å²) in [5.41, 5.74) is 6.57. The lowest BCUT2D eigenvalue weighted by atomic mass is 9.85. The predicted octanol–water partition coefficient (Wildman–Crippen LogP) is 3.59. The Morgan fingerprint density at radius 3 is 2.41 bits per heavy atom. The van der Waals surface area contributed by atoms with Gasteiger partial charge < -0.3 is 34.7 Å². The van der Waals surface area contributed by atoms with Gasteiger partial charge in [-0.15, -0.1) is 11.8 Å². The Morgan fingerprint density at radius 2 is 1.80 bits per heavy atom. The first-order valence-electron chi connectivity index (χ1n) is 14.6. The first kappa shape index (κ1) is 35.3. The van der Waals surface area contributed by atoms with E-state index in [-0.39, 0.29) is 40.8 Å². The van der Waals surface area contributed by atoms with Crippen LogP contribution in [0.15, 0.2) is 57.4 Å². The van der Waals surface area contributed by atoms with E-state index in [1.807, 2.05) is 13.8 Å². The van der Waals surface area contributed by atoms with E-state index >= 15 is 0 Å². The van der Waals surface area contributed by atoms with Crippen LogP contribution in [0.5, 0.6) is 0 Å². The molecule has 0 aromatic heterocycles. The molecule has 0 aromatic rings. The minimum absolute atomic E-state index is 0.0176. The zero-order chi connectivity index (χ0) is 32.7. The van der Waals surface area contributed by atoms with Gasteiger partial charge in [-0.1, -0.05) is 38.2 Å². The highest BCUT2D eigenvalue weighted by molar-refractivity contribution is 8.04. The molecule has 1 aliphatic carbocycles. The van der Waals surface area contributed by atoms with E-state index in [4.69, 9.17) is 24.7 Å². The minimum atomic E-state index is -0.992. The van der Waals surface area contributed by atoms with E-state index in [2.05, 4.69) is 0 Å². The molecule has 11 nitrogen and oxygen atoms in total. The maximum absolute atomic E-state index is 14.1. The zero-order valence-electron chi connectivity index (χ0n) is 26.5. The van der Waals surface area contributed by atoms with E-state index in [0.717, 1.165) is 0 Å². The average Bonchev–Trinajstić information content (AvgIpc) is 3.22. The van der Waals surface area contributed by atoms with E-state index in [1.54, 1.807) is 38.2 Å². The number of carbonyl (C=O) groups is 4. The molecular weight excluding hydrogens is 588 g/mol. The summed E-state index contributed by atoms with van der Waals surface area (Å²) in [5.74, 6) is -1.36. The van der Waals surface area contributed by atoms with Crippen molar-refractivity contribution < 1.29 is 43.2 Å². The molecule has 2 heterocycles. The minimum Gasteiger partial charge on any atom is -0.492 e. The molecule has 0 spiro atoms. The van der Waals surface area contributed by atoms with Gasteiger partial charge in [0, 0.05) is 37.8 Å². The second-order valence-corrected chi connectivity index (χ2v) is 12.5. The standard InChI is InChI=1S/C32H44N2O9S/c1-17-14-21-26(36)24-30(27(37)29(21)42-7)44-13-9-12-34(24)31(38)18(2)10-8-11-22(40-5)28(43-32(33)39)20(4)16-19(3)25(35)23(15-17)41-6/h8,10-11,16-17,19,22-23,25,28,35H,9,12-15H2,1-7H3,(H2,33,39)/b11-8-,18-10+,20-16+/t17-,19+,22+,23+,25-,28+/m1/s1. The Morgan fingerprint density at radius 1 is 1.09 bits per heavy atom. The van der Waals surface area contributed by atoms with Crippen LogP contribution in [-0.2, 0) is 33.3 Å². The fourth-order valence-corrected chi connectivity index (χ4v) is 6.82. The van der Waals surface area contributed by atoms with Crippen molar-refractivity contribution in [2.75, 3.05) is 33.6 Å². The van der Waals surface area contributed by atoms with Crippen molar-refractivity contribution in [2.24, 2.45) is 17.6 Å². The number of thioether (sulfide) groups is 1. The van der Waals surface area contributed by atoms with Gasteiger partial charge in [-0.2, -0.15) is 0 Å². The average molecular weight is 633 g/mol. The largest absolute Gasteiger partial charge is 0.492 e. The first-order chi connectivity index (χ1) is 20.9. The van der Waals surface area contributed by atoms with Crippen LogP contribution in [0, 0.1) is 11.8 Å². The Hall–Kier alpha value is -3.19. The van der Waals surface area contributed by atoms with Gasteiger partial charge in [0.2, 0.25) is 11.6 Å². The van der Waals surface area contributed by atoms with Crippen LogP contribution in [0.1, 0.15) is 47.0 Å². The maximum atomic E-state index is 14.1. The molecule has 44 heavy (non-hydrogen) atoms. The molecule has 0 saturated carbocycles. The number of hydrogen-bond acceptors (Lipinski definition) is 10. The number of aliphatic hydroxyl groups excluding tert-OH is 1. The molecule has 0 radical (unpaired) electrons. The lowest BCUT2D eigenvalue weighted by molar-refractivity contribution is -0.128. The molecule has 6 atom stereocenters. The summed E-state index contributed by atoms with van der Waals surface area (Å²) in [6.45, 7) is 7.35. The van der Waals surface area contributed by atoms with E-state index in [0.29, 0.717) is 29.7 Å². The number of rotatable bonds is 4. The van der Waals surface area contributed by atoms with Crippen molar-refractivity contribution in [2.45, 2.75) is 71.4 Å². The highest BCUT2D eigenvalue weighted by atomic mass is 32.2. The Kier molecular flexibility index (Phi) is 12.6. The van der Waals surface area contributed by atoms with Crippen LogP contribution in [0.2, 0.25) is 0 Å². The third-order valence-electron chi connectivity index (χ3n) is 8.06. The lowest BCUT2D eigenvalue weighted by Crippen LogP contribution is -2.39. The van der Waals surface area contributed by atoms with Crippen LogP contribution in [-0.4, -0.2) is 91.6 Å². The van der Waals surface area contributed by atoms with E-state index in [1.165, 1.54) is 38.0 Å². The van der Waals surface area contributed by atoms with Crippen molar-refractivity contribution in [1.29, 1.82) is 0 Å². The van der Waals surface area contributed by atoms with Gasteiger partial charge in [-0.25, -0.2) is 4.79 Å². The molecule has 242 valence electrons. The summed E-state index contributed by atoms with van der Waals surface area (Å²) < 4.78 is 22.2. The van der Waals surface area contributed by atoms with Crippen molar-refractivity contribution in [3.8, 4) is 0 Å². The number of nitrogens with zero attached hydrogens (tertiary/aromatic N) is 1. The maximum Gasteiger partial charge on any atom is 0.405 e. The lowest BCUT2D eigenvalue weighted by Gasteiger charge is -2.31. The molecule has 0 fully saturated rings. The van der Waals surface area contributed by atoms with Crippen molar-refractivity contribution >= 4 is 35.3 Å². The number of ketones is 2. The van der Waals surface area contributed by atoms with Crippen LogP contribution in [0.25, 0.3) is 0 Å². The molecule has 2 aliphatic heterocycles. The summed E-state index contributed by atoms with van der Waals surface area (Å²) in [5, 5.41) is 11.3. The molecule has 0 aromatic carbocycles. The molecule has 0 unspecified atom stereocenters. The monoisotopic (exact) mass is 632 g/mol. The SMILES string of the molecule is COC1=C2C[C@@H](C)C[C@H](OC)[C@H](O)[C@@H](C)/C=C(\C)[C@H](OC(N)=O)[C@@H](OC)/C=C\C=C(/C)C(=O)N3CCCSC(=C3C2=O)C1=O. The van der Waals surface area contributed by atoms with Gasteiger partial charge in [0.05, 0.1) is 24.2 Å². The van der Waals surface area contributed by atoms with Gasteiger partial charge in [0.15, 0.2) is 11.9 Å². The van der Waals surface area contributed by atoms with Crippen molar-refractivity contribution in [3.63, 3.8) is 0 Å². The summed E-state index contributed by atoms with van der Waals surface area (Å²) in [7, 11) is 4.31. The molecule has 3 rings (SSSR count). The van der Waals surface area contributed by atoms with Crippen molar-refractivity contribution in [3.05, 3.63) is 57.4 Å². The normalized spacial score (nSPS) is 32.8. The highest BCUT2D eigenvalue weighted by Gasteiger charge is 2.42. The number of aliphatic hydroxyl groups is 1. The molecule has 0 saturated heterocycles. The number of allylic oxidation sites excluding steroid dienone is 4. The highest BCUT2D eigenvalue weighted by Crippen LogP contribution is 2.39. The number of carbonyl (C=O) groups excluding carboxylic acids is 4. The topological polar surface area (TPSA) is 155 Å². The molecular formula is C32H44N2O9S. The first-order valence-corrected chi connectivity index (χ1v) is 15.6. The zero-order valence-corrected chi connectivity index (χ0v) is 27.3. The van der Waals surface area contributed by atoms with Gasteiger partial charge in [0.1, 0.15) is 11.8 Å². The molecule has 3 aliphatic rings. The fourth-order valence-electron chi connectivity index (χ4n) is 5.78.